The van der Waals surface area contributed by atoms with Crippen molar-refractivity contribution in [3.63, 3.8) is 0 Å². The number of hydrogen-bond acceptors (Lipinski definition) is 3. The average Bonchev–Trinajstić information content (AvgIpc) is 2.40. The molecule has 1 aromatic heterocycles. The van der Waals surface area contributed by atoms with Crippen LogP contribution >= 0.6 is 0 Å². The van der Waals surface area contributed by atoms with Crippen molar-refractivity contribution < 1.29 is 4.79 Å². The second kappa shape index (κ2) is 5.27. The summed E-state index contributed by atoms with van der Waals surface area (Å²) in [6.45, 7) is 2.02. The summed E-state index contributed by atoms with van der Waals surface area (Å²) in [4.78, 5) is 28.9. The normalized spacial score (nSPS) is 10.1. The van der Waals surface area contributed by atoms with Gasteiger partial charge < -0.3 is 10.3 Å². The summed E-state index contributed by atoms with van der Waals surface area (Å²) in [7, 11) is 0. The number of aromatic amines is 1. The fourth-order valence-corrected chi connectivity index (χ4v) is 1.60. The summed E-state index contributed by atoms with van der Waals surface area (Å²) in [5.41, 5.74) is 1.66. The Labute approximate surface area is 104 Å². The fraction of sp³-hybridized carbons (Fsp3) is 0.154. The lowest BCUT2D eigenvalue weighted by atomic mass is 10.1. The standard InChI is InChI=1S/C13H13N3O2/c1-2-9-5-3-4-6-10(9)16-13(18)11-7-15-12(17)8-14-11/h3-8H,2H2,1H3,(H,15,17)(H,16,18). The highest BCUT2D eigenvalue weighted by atomic mass is 16.2. The van der Waals surface area contributed by atoms with Gasteiger partial charge in [0.15, 0.2) is 0 Å². The first-order valence-corrected chi connectivity index (χ1v) is 5.64. The lowest BCUT2D eigenvalue weighted by Gasteiger charge is -2.08. The van der Waals surface area contributed by atoms with Crippen LogP contribution in [0.4, 0.5) is 5.69 Å². The molecule has 0 saturated carbocycles. The molecular formula is C13H13N3O2. The Kier molecular flexibility index (Phi) is 3.52. The summed E-state index contributed by atoms with van der Waals surface area (Å²) in [6, 6.07) is 7.57. The largest absolute Gasteiger partial charge is 0.325 e. The smallest absolute Gasteiger partial charge is 0.275 e. The molecule has 2 N–H and O–H groups in total. The molecule has 1 aromatic carbocycles. The van der Waals surface area contributed by atoms with E-state index in [4.69, 9.17) is 0 Å². The minimum Gasteiger partial charge on any atom is -0.325 e. The molecule has 0 spiro atoms. The molecule has 0 aliphatic rings. The lowest BCUT2D eigenvalue weighted by Crippen LogP contribution is -2.17. The average molecular weight is 243 g/mol. The van der Waals surface area contributed by atoms with Crippen LogP contribution in [-0.4, -0.2) is 15.9 Å². The molecule has 18 heavy (non-hydrogen) atoms. The molecule has 5 nitrogen and oxygen atoms in total. The number of hydrogen-bond donors (Lipinski definition) is 2. The highest BCUT2D eigenvalue weighted by Crippen LogP contribution is 2.15. The number of rotatable bonds is 3. The molecule has 0 atom stereocenters. The number of aromatic nitrogens is 2. The van der Waals surface area contributed by atoms with Gasteiger partial charge in [0.05, 0.1) is 6.20 Å². The van der Waals surface area contributed by atoms with Gasteiger partial charge >= 0.3 is 0 Å². The molecule has 2 rings (SSSR count). The molecule has 0 bridgehead atoms. The van der Waals surface area contributed by atoms with E-state index in [9.17, 15) is 9.59 Å². The third kappa shape index (κ3) is 2.63. The molecule has 1 amide bonds. The third-order valence-corrected chi connectivity index (χ3v) is 2.55. The summed E-state index contributed by atoms with van der Waals surface area (Å²) in [5.74, 6) is -0.341. The van der Waals surface area contributed by atoms with Crippen LogP contribution in [0.5, 0.6) is 0 Å². The quantitative estimate of drug-likeness (QED) is 0.859. The molecule has 92 valence electrons. The van der Waals surface area contributed by atoms with Crippen molar-refractivity contribution >= 4 is 11.6 Å². The topological polar surface area (TPSA) is 74.8 Å². The molecule has 5 heteroatoms. The van der Waals surface area contributed by atoms with Crippen molar-refractivity contribution in [3.05, 3.63) is 58.3 Å². The van der Waals surface area contributed by atoms with Gasteiger partial charge in [-0.25, -0.2) is 4.98 Å². The Bertz CT molecular complexity index is 599. The highest BCUT2D eigenvalue weighted by Gasteiger charge is 2.09. The van der Waals surface area contributed by atoms with Crippen LogP contribution < -0.4 is 10.9 Å². The van der Waals surface area contributed by atoms with Gasteiger partial charge in [0.25, 0.3) is 11.5 Å². The molecule has 2 aromatic rings. The van der Waals surface area contributed by atoms with Crippen molar-refractivity contribution in [3.8, 4) is 0 Å². The van der Waals surface area contributed by atoms with Crippen LogP contribution in [0.25, 0.3) is 0 Å². The molecule has 0 fully saturated rings. The number of carbonyl (C=O) groups excluding carboxylic acids is 1. The number of anilines is 1. The zero-order valence-corrected chi connectivity index (χ0v) is 9.93. The molecule has 0 radical (unpaired) electrons. The Morgan fingerprint density at radius 1 is 1.39 bits per heavy atom. The maximum atomic E-state index is 11.9. The van der Waals surface area contributed by atoms with Gasteiger partial charge in [-0.3, -0.25) is 9.59 Å². The lowest BCUT2D eigenvalue weighted by molar-refractivity contribution is 0.102. The second-order valence-corrected chi connectivity index (χ2v) is 3.76. The predicted molar refractivity (Wildman–Crippen MR) is 68.6 cm³/mol. The minimum absolute atomic E-state index is 0.181. The number of nitrogens with one attached hydrogen (secondary N) is 2. The van der Waals surface area contributed by atoms with E-state index in [2.05, 4.69) is 15.3 Å². The van der Waals surface area contributed by atoms with E-state index in [0.29, 0.717) is 0 Å². The number of H-pyrrole nitrogens is 1. The van der Waals surface area contributed by atoms with Crippen LogP contribution in [0.2, 0.25) is 0 Å². The number of benzene rings is 1. The van der Waals surface area contributed by atoms with E-state index in [0.717, 1.165) is 23.9 Å². The van der Waals surface area contributed by atoms with E-state index in [1.54, 1.807) is 0 Å². The summed E-state index contributed by atoms with van der Waals surface area (Å²) in [5, 5.41) is 2.77. The van der Waals surface area contributed by atoms with E-state index < -0.39 is 0 Å². The van der Waals surface area contributed by atoms with Crippen molar-refractivity contribution in [1.29, 1.82) is 0 Å². The Morgan fingerprint density at radius 2 is 2.17 bits per heavy atom. The first kappa shape index (κ1) is 12.0. The van der Waals surface area contributed by atoms with Gasteiger partial charge in [-0.1, -0.05) is 25.1 Å². The van der Waals surface area contributed by atoms with E-state index in [-0.39, 0.29) is 17.2 Å². The number of amides is 1. The van der Waals surface area contributed by atoms with Gasteiger partial charge in [0, 0.05) is 11.9 Å². The fourth-order valence-electron chi connectivity index (χ4n) is 1.60. The van der Waals surface area contributed by atoms with Gasteiger partial charge in [-0.2, -0.15) is 0 Å². The second-order valence-electron chi connectivity index (χ2n) is 3.76. The van der Waals surface area contributed by atoms with E-state index >= 15 is 0 Å². The molecule has 1 heterocycles. The van der Waals surface area contributed by atoms with E-state index in [1.807, 2.05) is 31.2 Å². The number of carbonyl (C=O) groups is 1. The van der Waals surface area contributed by atoms with Crippen LogP contribution in [-0.2, 0) is 6.42 Å². The maximum absolute atomic E-state index is 11.9. The molecule has 0 aliphatic heterocycles. The summed E-state index contributed by atoms with van der Waals surface area (Å²) < 4.78 is 0. The number of para-hydroxylation sites is 1. The van der Waals surface area contributed by atoms with Crippen LogP contribution in [0.15, 0.2) is 41.5 Å². The third-order valence-electron chi connectivity index (χ3n) is 2.55. The Morgan fingerprint density at radius 3 is 2.83 bits per heavy atom. The molecule has 0 saturated heterocycles. The SMILES string of the molecule is CCc1ccccc1NC(=O)c1c[nH]c(=O)cn1. The Hall–Kier alpha value is -2.43. The van der Waals surface area contributed by atoms with Crippen LogP contribution in [0.1, 0.15) is 23.0 Å². The molecule has 0 aliphatic carbocycles. The summed E-state index contributed by atoms with van der Waals surface area (Å²) >= 11 is 0. The first-order chi connectivity index (χ1) is 8.70. The van der Waals surface area contributed by atoms with Gasteiger partial charge in [-0.15, -0.1) is 0 Å². The molecular weight excluding hydrogens is 230 g/mol. The molecule has 0 unspecified atom stereocenters. The zero-order valence-electron chi connectivity index (χ0n) is 9.93. The maximum Gasteiger partial charge on any atom is 0.275 e. The van der Waals surface area contributed by atoms with Crippen LogP contribution in [0, 0.1) is 0 Å². The number of aryl methyl sites for hydroxylation is 1. The van der Waals surface area contributed by atoms with Gasteiger partial charge in [0.2, 0.25) is 0 Å². The van der Waals surface area contributed by atoms with Crippen molar-refractivity contribution in [2.75, 3.05) is 5.32 Å². The number of nitrogens with zero attached hydrogens (tertiary/aromatic N) is 1. The van der Waals surface area contributed by atoms with Gasteiger partial charge in [-0.05, 0) is 18.1 Å². The monoisotopic (exact) mass is 243 g/mol. The minimum atomic E-state index is -0.341. The van der Waals surface area contributed by atoms with Crippen molar-refractivity contribution in [1.82, 2.24) is 9.97 Å². The zero-order chi connectivity index (χ0) is 13.0. The van der Waals surface area contributed by atoms with Gasteiger partial charge in [0.1, 0.15) is 5.69 Å². The first-order valence-electron chi connectivity index (χ1n) is 5.64. The van der Waals surface area contributed by atoms with E-state index in [1.165, 1.54) is 6.20 Å². The Balaban J connectivity index is 2.21. The van der Waals surface area contributed by atoms with Crippen molar-refractivity contribution in [2.24, 2.45) is 0 Å². The summed E-state index contributed by atoms with van der Waals surface area (Å²) in [6.07, 6.45) is 3.21. The predicted octanol–water partition coefficient (Wildman–Crippen LogP) is 1.58. The van der Waals surface area contributed by atoms with Crippen molar-refractivity contribution in [2.45, 2.75) is 13.3 Å². The highest BCUT2D eigenvalue weighted by molar-refractivity contribution is 6.03. The van der Waals surface area contributed by atoms with Crippen LogP contribution in [0.3, 0.4) is 0 Å².